The highest BCUT2D eigenvalue weighted by Crippen LogP contribution is 2.41. The smallest absolute Gasteiger partial charge is 0.353 e. The van der Waals surface area contributed by atoms with E-state index in [0.717, 1.165) is 6.42 Å². The van der Waals surface area contributed by atoms with Gasteiger partial charge in [-0.15, -0.1) is 0 Å². The van der Waals surface area contributed by atoms with E-state index in [0.29, 0.717) is 18.7 Å². The molecule has 0 unspecified atom stereocenters. The first kappa shape index (κ1) is 15.0. The Labute approximate surface area is 117 Å². The summed E-state index contributed by atoms with van der Waals surface area (Å²) in [5, 5.41) is 8.91. The molecular formula is C12H19N3O4S. The van der Waals surface area contributed by atoms with Gasteiger partial charge in [-0.2, -0.15) is 0 Å². The van der Waals surface area contributed by atoms with E-state index in [1.165, 1.54) is 6.20 Å². The summed E-state index contributed by atoms with van der Waals surface area (Å²) < 4.78 is 26.4. The molecule has 0 aliphatic heterocycles. The number of sulfonamides is 1. The number of rotatable bonds is 4. The van der Waals surface area contributed by atoms with Crippen LogP contribution in [-0.4, -0.2) is 34.2 Å². The van der Waals surface area contributed by atoms with Crippen LogP contribution in [0.4, 0.5) is 0 Å². The van der Waals surface area contributed by atoms with Gasteiger partial charge in [0.05, 0.1) is 16.5 Å². The van der Waals surface area contributed by atoms with Crippen LogP contribution in [0, 0.1) is 0 Å². The Morgan fingerprint density at radius 2 is 2.05 bits per heavy atom. The summed E-state index contributed by atoms with van der Waals surface area (Å²) in [6.07, 6.45) is 3.29. The predicted octanol–water partition coefficient (Wildman–Crippen LogP) is 1.20. The number of hydrogen-bond donors (Lipinski definition) is 3. The lowest BCUT2D eigenvalue weighted by Crippen LogP contribution is -2.55. The molecule has 1 aliphatic rings. The number of aromatic nitrogens is 2. The number of carboxylic acids is 1. The predicted molar refractivity (Wildman–Crippen MR) is 72.9 cm³/mol. The molecule has 1 fully saturated rings. The molecular weight excluding hydrogens is 282 g/mol. The van der Waals surface area contributed by atoms with E-state index in [4.69, 9.17) is 5.11 Å². The summed E-state index contributed by atoms with van der Waals surface area (Å²) in [6.45, 7) is 4.85. The van der Waals surface area contributed by atoms with Crippen molar-refractivity contribution in [2.75, 3.05) is 0 Å². The van der Waals surface area contributed by atoms with Gasteiger partial charge in [0.1, 0.15) is 11.5 Å². The van der Waals surface area contributed by atoms with Gasteiger partial charge in [-0.05, 0) is 40.0 Å². The lowest BCUT2D eigenvalue weighted by atomic mass is 9.77. The zero-order valence-electron chi connectivity index (χ0n) is 11.7. The second-order valence-electron chi connectivity index (χ2n) is 6.10. The molecule has 0 radical (unpaired) electrons. The molecule has 1 heterocycles. The molecule has 8 heteroatoms. The van der Waals surface area contributed by atoms with E-state index in [1.54, 1.807) is 20.8 Å². The van der Waals surface area contributed by atoms with Gasteiger partial charge in [0.2, 0.25) is 10.0 Å². The van der Waals surface area contributed by atoms with E-state index in [9.17, 15) is 13.2 Å². The highest BCUT2D eigenvalue weighted by Gasteiger charge is 2.47. The molecule has 112 valence electrons. The first-order chi connectivity index (χ1) is 9.07. The minimum Gasteiger partial charge on any atom is -0.477 e. The monoisotopic (exact) mass is 301 g/mol. The Morgan fingerprint density at radius 1 is 1.45 bits per heavy atom. The number of nitrogens with one attached hydrogen (secondary N) is 2. The van der Waals surface area contributed by atoms with E-state index in [1.807, 2.05) is 0 Å². The van der Waals surface area contributed by atoms with Crippen LogP contribution >= 0.6 is 0 Å². The Hall–Kier alpha value is -1.41. The van der Waals surface area contributed by atoms with Gasteiger partial charge in [-0.3, -0.25) is 0 Å². The number of carbonyl (C=O) groups is 1. The van der Waals surface area contributed by atoms with Gasteiger partial charge in [0.15, 0.2) is 0 Å². The summed E-state index contributed by atoms with van der Waals surface area (Å²) in [4.78, 5) is 17.6. The van der Waals surface area contributed by atoms with Crippen molar-refractivity contribution in [2.45, 2.75) is 50.3 Å². The molecule has 3 N–H and O–H groups in total. The highest BCUT2D eigenvalue weighted by molar-refractivity contribution is 7.90. The van der Waals surface area contributed by atoms with Crippen molar-refractivity contribution in [1.29, 1.82) is 0 Å². The fraction of sp³-hybridized carbons (Fsp3) is 0.667. The second kappa shape index (κ2) is 4.56. The lowest BCUT2D eigenvalue weighted by molar-refractivity contribution is 0.0690. The molecule has 2 rings (SSSR count). The summed E-state index contributed by atoms with van der Waals surface area (Å²) in [7, 11) is -3.53. The molecule has 0 spiro atoms. The van der Waals surface area contributed by atoms with Gasteiger partial charge < -0.3 is 10.1 Å². The average molecular weight is 301 g/mol. The minimum absolute atomic E-state index is 0.0405. The van der Waals surface area contributed by atoms with Crippen molar-refractivity contribution < 1.29 is 18.3 Å². The number of aromatic carboxylic acids is 1. The molecule has 1 saturated carbocycles. The molecule has 1 aliphatic carbocycles. The highest BCUT2D eigenvalue weighted by atomic mass is 32.2. The van der Waals surface area contributed by atoms with Crippen molar-refractivity contribution >= 4 is 16.0 Å². The van der Waals surface area contributed by atoms with Crippen LogP contribution in [0.15, 0.2) is 6.20 Å². The van der Waals surface area contributed by atoms with E-state index in [-0.39, 0.29) is 5.69 Å². The van der Waals surface area contributed by atoms with E-state index < -0.39 is 26.3 Å². The largest absolute Gasteiger partial charge is 0.477 e. The molecule has 0 saturated heterocycles. The fourth-order valence-corrected chi connectivity index (χ4v) is 3.12. The fourth-order valence-electron chi connectivity index (χ4n) is 2.00. The molecule has 1 aromatic heterocycles. The first-order valence-corrected chi connectivity index (χ1v) is 7.88. The van der Waals surface area contributed by atoms with Crippen molar-refractivity contribution in [3.63, 3.8) is 0 Å². The quantitative estimate of drug-likeness (QED) is 0.773. The van der Waals surface area contributed by atoms with E-state index in [2.05, 4.69) is 14.7 Å². The van der Waals surface area contributed by atoms with Crippen LogP contribution in [0.1, 0.15) is 56.3 Å². The maximum atomic E-state index is 12.3. The van der Waals surface area contributed by atoms with Crippen molar-refractivity contribution in [1.82, 2.24) is 14.7 Å². The molecule has 0 bridgehead atoms. The van der Waals surface area contributed by atoms with Crippen LogP contribution in [0.2, 0.25) is 0 Å². The maximum absolute atomic E-state index is 12.3. The number of hydrogen-bond acceptors (Lipinski definition) is 4. The summed E-state index contributed by atoms with van der Waals surface area (Å²) in [5.41, 5.74) is -0.846. The third-order valence-electron chi connectivity index (χ3n) is 3.60. The number of aromatic amines is 1. The van der Waals surface area contributed by atoms with Gasteiger partial charge in [0.25, 0.3) is 0 Å². The van der Waals surface area contributed by atoms with Crippen molar-refractivity contribution in [3.8, 4) is 0 Å². The van der Waals surface area contributed by atoms with Gasteiger partial charge >= 0.3 is 5.97 Å². The summed E-state index contributed by atoms with van der Waals surface area (Å²) in [5.74, 6) is -0.745. The average Bonchev–Trinajstić information content (AvgIpc) is 2.71. The normalized spacial score (nSPS) is 18.6. The molecule has 0 amide bonds. The lowest BCUT2D eigenvalue weighted by Gasteiger charge is -2.42. The van der Waals surface area contributed by atoms with Crippen molar-refractivity contribution in [3.05, 3.63) is 17.7 Å². The number of carboxylic acid groups (broad SMARTS) is 1. The van der Waals surface area contributed by atoms with Crippen LogP contribution in [0.5, 0.6) is 0 Å². The zero-order valence-corrected chi connectivity index (χ0v) is 12.5. The number of imidazole rings is 1. The zero-order chi connectivity index (χ0) is 15.2. The first-order valence-electron chi connectivity index (χ1n) is 6.40. The Morgan fingerprint density at radius 3 is 2.40 bits per heavy atom. The summed E-state index contributed by atoms with van der Waals surface area (Å²) >= 11 is 0. The Balaban J connectivity index is 2.33. The van der Waals surface area contributed by atoms with Gasteiger partial charge in [-0.25, -0.2) is 22.9 Å². The third kappa shape index (κ3) is 2.45. The maximum Gasteiger partial charge on any atom is 0.353 e. The third-order valence-corrected chi connectivity index (χ3v) is 5.87. The van der Waals surface area contributed by atoms with Crippen LogP contribution in [-0.2, 0) is 15.6 Å². The standard InChI is InChI=1S/C12H19N3O4S/c1-11(2,3)20(18,19)15-12(5-4-6-12)10-13-7-8(14-10)9(16)17/h7,15H,4-6H2,1-3H3,(H,13,14)(H,16,17). The van der Waals surface area contributed by atoms with Gasteiger partial charge in [-0.1, -0.05) is 0 Å². The second-order valence-corrected chi connectivity index (χ2v) is 8.54. The van der Waals surface area contributed by atoms with Crippen LogP contribution in [0.3, 0.4) is 0 Å². The Bertz CT molecular complexity index is 623. The summed E-state index contributed by atoms with van der Waals surface area (Å²) in [6, 6.07) is 0. The van der Waals surface area contributed by atoms with E-state index >= 15 is 0 Å². The Kier molecular flexibility index (Phi) is 3.42. The van der Waals surface area contributed by atoms with Crippen LogP contribution < -0.4 is 4.72 Å². The van der Waals surface area contributed by atoms with Crippen molar-refractivity contribution in [2.24, 2.45) is 0 Å². The SMILES string of the molecule is CC(C)(C)S(=O)(=O)NC1(c2ncc(C(=O)O)[nH]2)CCC1. The number of nitrogens with zero attached hydrogens (tertiary/aromatic N) is 1. The van der Waals surface area contributed by atoms with Gasteiger partial charge in [0, 0.05) is 0 Å². The molecule has 7 nitrogen and oxygen atoms in total. The van der Waals surface area contributed by atoms with Crippen LogP contribution in [0.25, 0.3) is 0 Å². The minimum atomic E-state index is -3.53. The molecule has 1 aromatic rings. The topological polar surface area (TPSA) is 112 Å². The molecule has 0 atom stereocenters. The molecule has 20 heavy (non-hydrogen) atoms. The number of H-pyrrole nitrogens is 1. The molecule has 0 aromatic carbocycles.